The largest absolute Gasteiger partial charge is 1.00 e. The maximum atomic E-state index is 12.7. The van der Waals surface area contributed by atoms with Crippen LogP contribution in [0.25, 0.3) is 10.8 Å². The summed E-state index contributed by atoms with van der Waals surface area (Å²) in [7, 11) is -5.01. The van der Waals surface area contributed by atoms with Gasteiger partial charge in [-0.15, -0.1) is 0 Å². The summed E-state index contributed by atoms with van der Waals surface area (Å²) in [5.41, 5.74) is 4.21. The van der Waals surface area contributed by atoms with Crippen LogP contribution in [0.2, 0.25) is 0 Å². The number of nitrogens with one attached hydrogen (secondary N) is 1. The minimum absolute atomic E-state index is 0. The Morgan fingerprint density at radius 2 is 1.53 bits per heavy atom. The van der Waals surface area contributed by atoms with Gasteiger partial charge in [0.1, 0.15) is 16.7 Å². The summed E-state index contributed by atoms with van der Waals surface area (Å²) in [6.45, 7) is 9.22. The minimum atomic E-state index is -5.01. The number of rotatable bonds is 24. The summed E-state index contributed by atoms with van der Waals surface area (Å²) in [6, 6.07) is 12.7. The summed E-state index contributed by atoms with van der Waals surface area (Å²) in [4.78, 5) is 36.4. The van der Waals surface area contributed by atoms with E-state index in [4.69, 9.17) is 0 Å². The molecule has 0 fully saturated rings. The predicted octanol–water partition coefficient (Wildman–Crippen LogP) is -9.09. The number of hydrogen-bond acceptors (Lipinski definition) is 17. The summed E-state index contributed by atoms with van der Waals surface area (Å²) in [5.74, 6) is -3.41. The van der Waals surface area contributed by atoms with E-state index in [0.717, 1.165) is 40.4 Å². The minimum Gasteiger partial charge on any atom is -0.744 e. The Balaban J connectivity index is 0.00000578. The Morgan fingerprint density at radius 1 is 0.853 bits per heavy atom. The number of amides is 1. The van der Waals surface area contributed by atoms with Crippen LogP contribution in [0.15, 0.2) is 107 Å². The van der Waals surface area contributed by atoms with E-state index >= 15 is 0 Å². The summed E-state index contributed by atoms with van der Waals surface area (Å²) in [5, 5.41) is 52.6. The number of carbonyl (C=O) groups excluding carboxylic acids is 3. The number of unbranched alkanes of at least 4 members (excludes halogenated alkanes) is 2. The third-order valence-corrected chi connectivity index (χ3v) is 13.0. The molecule has 0 saturated carbocycles. The summed E-state index contributed by atoms with van der Waals surface area (Å²) < 4.78 is 49.1. The van der Waals surface area contributed by atoms with Gasteiger partial charge in [-0.05, 0) is 74.4 Å². The van der Waals surface area contributed by atoms with E-state index in [0.29, 0.717) is 67.5 Å². The van der Waals surface area contributed by atoms with E-state index in [1.807, 2.05) is 80.6 Å². The van der Waals surface area contributed by atoms with Crippen LogP contribution < -0.4 is 149 Å². The zero-order chi connectivity index (χ0) is 46.7. The Labute approximate surface area is 493 Å². The van der Waals surface area contributed by atoms with Crippen LogP contribution in [0.3, 0.4) is 0 Å². The Hall–Kier alpha value is -0.870. The maximum absolute atomic E-state index is 12.7. The van der Waals surface area contributed by atoms with Crippen LogP contribution >= 0.6 is 24.1 Å². The van der Waals surface area contributed by atoms with Crippen LogP contribution in [0, 0.1) is 0 Å². The molecular formula is C44H47N3Na4O14S3. The van der Waals surface area contributed by atoms with E-state index in [9.17, 15) is 48.1 Å². The molecule has 0 radical (unpaired) electrons. The number of fused-ring (bicyclic) bond motifs is 4. The molecule has 24 heteroatoms. The van der Waals surface area contributed by atoms with Crippen LogP contribution in [0.1, 0.15) is 77.3 Å². The molecule has 68 heavy (non-hydrogen) atoms. The second kappa shape index (κ2) is 30.4. The Morgan fingerprint density at radius 3 is 2.19 bits per heavy atom. The molecule has 2 aliphatic heterocycles. The Kier molecular flexibility index (Phi) is 29.1. The van der Waals surface area contributed by atoms with Crippen molar-refractivity contribution in [2.24, 2.45) is 0 Å². The van der Waals surface area contributed by atoms with E-state index < -0.39 is 50.7 Å². The number of nitrogens with zero attached hydrogens (tertiary/aromatic N) is 2. The smallest absolute Gasteiger partial charge is 0.744 e. The first-order chi connectivity index (χ1) is 30.4. The van der Waals surface area contributed by atoms with E-state index in [1.165, 1.54) is 6.07 Å². The van der Waals surface area contributed by atoms with Crippen molar-refractivity contribution in [2.75, 3.05) is 23.7 Å². The molecule has 1 unspecified atom stereocenters. The number of allylic oxidation sites excluding steroid dienone is 8. The fourth-order valence-corrected chi connectivity index (χ4v) is 9.91. The average molecular weight is 1030 g/mol. The predicted molar refractivity (Wildman–Crippen MR) is 229 cm³/mol. The molecule has 1 amide bonds. The maximum Gasteiger partial charge on any atom is 1.00 e. The molecule has 1 atom stereocenters. The summed E-state index contributed by atoms with van der Waals surface area (Å²) >= 11 is 1.37. The topological polar surface area (TPSA) is 256 Å². The van der Waals surface area contributed by atoms with Crippen molar-refractivity contribution < 1.29 is 190 Å². The molecule has 0 aliphatic carbocycles. The molecule has 17 nitrogen and oxygen atoms in total. The number of aliphatic carboxylic acids is 2. The average Bonchev–Trinajstić information content (AvgIpc) is 3.59. The van der Waals surface area contributed by atoms with Gasteiger partial charge >= 0.3 is 118 Å². The van der Waals surface area contributed by atoms with Crippen molar-refractivity contribution in [1.82, 2.24) is 5.32 Å². The molecule has 344 valence electrons. The number of carboxylic acid groups (broad SMARTS) is 2. The Bertz CT molecular complexity index is 2500. The molecule has 0 spiro atoms. The van der Waals surface area contributed by atoms with Gasteiger partial charge in [0.25, 0.3) is 0 Å². The molecule has 3 aromatic carbocycles. The van der Waals surface area contributed by atoms with Gasteiger partial charge in [-0.3, -0.25) is 14.9 Å². The van der Waals surface area contributed by atoms with Crippen LogP contribution in [0.4, 0.5) is 11.4 Å². The van der Waals surface area contributed by atoms with E-state index in [-0.39, 0.29) is 140 Å². The van der Waals surface area contributed by atoms with Crippen LogP contribution in [0.5, 0.6) is 0 Å². The molecule has 5 rings (SSSR count). The fraction of sp³-hybridized carbons (Fsp3) is 0.364. The van der Waals surface area contributed by atoms with Gasteiger partial charge < -0.3 is 45.1 Å². The van der Waals surface area contributed by atoms with Gasteiger partial charge in [0.2, 0.25) is 11.6 Å². The second-order valence-corrected chi connectivity index (χ2v) is 18.8. The van der Waals surface area contributed by atoms with Crippen molar-refractivity contribution in [3.63, 3.8) is 0 Å². The standard InChI is InChI=1S/C44H51N3O14S3.4Na/c1-43(2)31-16-10-11-17-33(31)46(23-13-12-20-38(48)45-32(42(51)52)28-39(49)50)36(43)18-8-6-5-7-9-19-37-44(3,4)41-34(47(37)24-14-15-25-62-60-58-53)22-21-29-26-30(63-61-59-54)27-35(40(29)41)64(55,56)57;;;;/h5-11,16-19,21-22,26-27,32H,12-15,20,23-25,28H2,1-4H3,(H5-,45,48,49,50,51,52,53,54,55,56,57);;;;/q;4*+1/p-4. The third kappa shape index (κ3) is 16.8. The second-order valence-electron chi connectivity index (χ2n) is 15.9. The first kappa shape index (κ1) is 65.1. The molecule has 0 saturated heterocycles. The normalized spacial score (nSPS) is 15.8. The van der Waals surface area contributed by atoms with Gasteiger partial charge in [0, 0.05) is 94.4 Å². The molecule has 1 N–H and O–H groups in total. The first-order valence-electron chi connectivity index (χ1n) is 20.2. The molecule has 0 aromatic heterocycles. The van der Waals surface area contributed by atoms with Crippen LogP contribution in [-0.4, -0.2) is 66.0 Å². The third-order valence-electron chi connectivity index (χ3n) is 11.0. The van der Waals surface area contributed by atoms with Crippen molar-refractivity contribution in [3.8, 4) is 0 Å². The number of hydrogen-bond donors (Lipinski definition) is 1. The van der Waals surface area contributed by atoms with Gasteiger partial charge in [0.05, 0.1) is 34.4 Å². The van der Waals surface area contributed by atoms with Gasteiger partial charge in [0.15, 0.2) is 5.71 Å². The number of benzene rings is 3. The number of carbonyl (C=O) groups is 3. The fourth-order valence-electron chi connectivity index (χ4n) is 8.21. The molecule has 2 heterocycles. The van der Waals surface area contributed by atoms with Gasteiger partial charge in [-0.1, -0.05) is 62.4 Å². The van der Waals surface area contributed by atoms with E-state index in [1.54, 1.807) is 12.1 Å². The van der Waals surface area contributed by atoms with Gasteiger partial charge in [-0.25, -0.2) is 8.42 Å². The number of carboxylic acids is 2. The van der Waals surface area contributed by atoms with Crippen molar-refractivity contribution in [2.45, 2.75) is 92.9 Å². The quantitative estimate of drug-likeness (QED) is 0.0128. The molecule has 3 aromatic rings. The zero-order valence-electron chi connectivity index (χ0n) is 39.4. The SMILES string of the molecule is CC1(C)C(/C=C/C=C/C=C/C=C2/N(CCCCC(=O)NC(CC(=O)[O-])C(=O)[O-])c3ccccc3C2(C)C)=[N+](CCCCSOO[O-])c2ccc3cc(SOO[O-])cc(S(=O)(=O)[O-])c3c21.[Na+].[Na+].[Na+].[Na+]. The molecule has 0 bridgehead atoms. The van der Waals surface area contributed by atoms with E-state index in [2.05, 4.69) is 53.5 Å². The van der Waals surface area contributed by atoms with Crippen LogP contribution in [-0.2, 0) is 54.1 Å². The zero-order valence-corrected chi connectivity index (χ0v) is 49.9. The summed E-state index contributed by atoms with van der Waals surface area (Å²) in [6.07, 6.45) is 14.8. The first-order valence-corrected chi connectivity index (χ1v) is 23.2. The van der Waals surface area contributed by atoms with Gasteiger partial charge in [-0.2, -0.15) is 13.2 Å². The molecule has 2 aliphatic rings. The number of para-hydroxylation sites is 1. The van der Waals surface area contributed by atoms with Crippen molar-refractivity contribution in [1.29, 1.82) is 0 Å². The van der Waals surface area contributed by atoms with Crippen molar-refractivity contribution >= 4 is 79.9 Å². The number of anilines is 1. The molecular weight excluding hydrogens is 983 g/mol. The van der Waals surface area contributed by atoms with Crippen molar-refractivity contribution in [3.05, 3.63) is 108 Å². The monoisotopic (exact) mass is 1030 g/mol.